The molecule has 1 heterocycles. The van der Waals surface area contributed by atoms with Gasteiger partial charge in [-0.25, -0.2) is 0 Å². The number of hydrogen-bond donors (Lipinski definition) is 2. The van der Waals surface area contributed by atoms with Crippen LogP contribution in [0, 0.1) is 0 Å². The van der Waals surface area contributed by atoms with E-state index in [2.05, 4.69) is 20.3 Å². The number of aromatic nitrogens is 2. The molecular formula is C17H14F3N3O3. The predicted molar refractivity (Wildman–Crippen MR) is 86.9 cm³/mol. The fraction of sp³-hybridized carbons (Fsp3) is 0.176. The Hall–Kier alpha value is -3.23. The Morgan fingerprint density at radius 2 is 1.92 bits per heavy atom. The number of hydrogen-bond acceptors (Lipinski definition) is 4. The van der Waals surface area contributed by atoms with E-state index in [1.165, 1.54) is 19.2 Å². The fourth-order valence-electron chi connectivity index (χ4n) is 2.51. The summed E-state index contributed by atoms with van der Waals surface area (Å²) in [7, 11) is 1.52. The van der Waals surface area contributed by atoms with Crippen LogP contribution in [0.5, 0.6) is 11.5 Å². The highest BCUT2D eigenvalue weighted by molar-refractivity contribution is 5.94. The van der Waals surface area contributed by atoms with E-state index in [1.807, 2.05) is 6.07 Å². The lowest BCUT2D eigenvalue weighted by atomic mass is 10.1. The molecule has 2 aromatic carbocycles. The first kappa shape index (κ1) is 17.6. The number of nitrogens with zero attached hydrogens (tertiary/aromatic N) is 1. The molecule has 6 nitrogen and oxygen atoms in total. The van der Waals surface area contributed by atoms with Gasteiger partial charge in [-0.15, -0.1) is 13.2 Å². The first-order chi connectivity index (χ1) is 12.4. The summed E-state index contributed by atoms with van der Waals surface area (Å²) < 4.78 is 45.6. The molecule has 0 fully saturated rings. The van der Waals surface area contributed by atoms with E-state index in [0.717, 1.165) is 28.6 Å². The van der Waals surface area contributed by atoms with Crippen LogP contribution >= 0.6 is 0 Å². The van der Waals surface area contributed by atoms with Crippen LogP contribution in [0.25, 0.3) is 10.9 Å². The average molecular weight is 365 g/mol. The molecule has 0 saturated carbocycles. The molecule has 1 amide bonds. The number of alkyl halides is 3. The standard InChI is InChI=1S/C17H14F3N3O3/c1-25-15-7-6-14-12(9-22-23-14)13(15)8-21-16(24)10-2-4-11(5-3-10)26-17(18,19)20/h2-7,9H,8H2,1H3,(H,21,24)(H,22,23). The van der Waals surface area contributed by atoms with Crippen LogP contribution in [0.2, 0.25) is 0 Å². The maximum absolute atomic E-state index is 12.3. The van der Waals surface area contributed by atoms with Crippen LogP contribution in [0.15, 0.2) is 42.6 Å². The largest absolute Gasteiger partial charge is 0.573 e. The maximum atomic E-state index is 12.3. The van der Waals surface area contributed by atoms with Crippen molar-refractivity contribution >= 4 is 16.8 Å². The zero-order valence-electron chi connectivity index (χ0n) is 13.6. The van der Waals surface area contributed by atoms with E-state index in [1.54, 1.807) is 12.3 Å². The van der Waals surface area contributed by atoms with E-state index >= 15 is 0 Å². The minimum absolute atomic E-state index is 0.166. The van der Waals surface area contributed by atoms with Crippen LogP contribution in [0.4, 0.5) is 13.2 Å². The van der Waals surface area contributed by atoms with Crippen LogP contribution in [0.3, 0.4) is 0 Å². The number of carbonyl (C=O) groups excluding carboxylic acids is 1. The Kier molecular flexibility index (Phi) is 4.70. The SMILES string of the molecule is COc1ccc2[nH]ncc2c1CNC(=O)c1ccc(OC(F)(F)F)cc1. The van der Waals surface area contributed by atoms with Crippen LogP contribution < -0.4 is 14.8 Å². The molecule has 3 aromatic rings. The number of fused-ring (bicyclic) bond motifs is 1. The zero-order chi connectivity index (χ0) is 18.7. The third-order valence-electron chi connectivity index (χ3n) is 3.69. The molecule has 26 heavy (non-hydrogen) atoms. The third kappa shape index (κ3) is 3.88. The Morgan fingerprint density at radius 1 is 1.19 bits per heavy atom. The van der Waals surface area contributed by atoms with Gasteiger partial charge in [0.2, 0.25) is 0 Å². The third-order valence-corrected chi connectivity index (χ3v) is 3.69. The van der Waals surface area contributed by atoms with Gasteiger partial charge in [0.25, 0.3) is 5.91 Å². The van der Waals surface area contributed by atoms with Gasteiger partial charge in [-0.05, 0) is 36.4 Å². The Balaban J connectivity index is 1.72. The molecule has 0 bridgehead atoms. The summed E-state index contributed by atoms with van der Waals surface area (Å²) in [6, 6.07) is 8.24. The lowest BCUT2D eigenvalue weighted by molar-refractivity contribution is -0.274. The number of carbonyl (C=O) groups is 1. The second-order valence-corrected chi connectivity index (χ2v) is 5.33. The molecule has 0 atom stereocenters. The van der Waals surface area contributed by atoms with Gasteiger partial charge in [-0.2, -0.15) is 5.10 Å². The van der Waals surface area contributed by atoms with E-state index in [4.69, 9.17) is 4.74 Å². The number of aromatic amines is 1. The number of rotatable bonds is 5. The van der Waals surface area contributed by atoms with Gasteiger partial charge in [0.15, 0.2) is 0 Å². The van der Waals surface area contributed by atoms with Crippen LogP contribution in [-0.2, 0) is 6.54 Å². The minimum Gasteiger partial charge on any atom is -0.496 e. The van der Waals surface area contributed by atoms with Crippen molar-refractivity contribution in [3.05, 3.63) is 53.7 Å². The second-order valence-electron chi connectivity index (χ2n) is 5.33. The molecule has 0 aliphatic heterocycles. The molecule has 0 aliphatic rings. The first-order valence-electron chi connectivity index (χ1n) is 7.50. The van der Waals surface area contributed by atoms with E-state index < -0.39 is 12.3 Å². The molecule has 0 unspecified atom stereocenters. The summed E-state index contributed by atoms with van der Waals surface area (Å²) in [5, 5.41) is 10.3. The number of methoxy groups -OCH3 is 1. The molecule has 2 N–H and O–H groups in total. The van der Waals surface area contributed by atoms with Crippen LogP contribution in [-0.4, -0.2) is 29.6 Å². The molecule has 1 aromatic heterocycles. The molecule has 9 heteroatoms. The molecule has 136 valence electrons. The quantitative estimate of drug-likeness (QED) is 0.727. The molecule has 0 saturated heterocycles. The van der Waals surface area contributed by atoms with Crippen molar-refractivity contribution in [1.82, 2.24) is 15.5 Å². The van der Waals surface area contributed by atoms with Crippen molar-refractivity contribution in [3.8, 4) is 11.5 Å². The van der Waals surface area contributed by atoms with Gasteiger partial charge in [0, 0.05) is 23.1 Å². The monoisotopic (exact) mass is 365 g/mol. The molecule has 0 aliphatic carbocycles. The van der Waals surface area contributed by atoms with Crippen molar-refractivity contribution in [2.45, 2.75) is 12.9 Å². The highest BCUT2D eigenvalue weighted by atomic mass is 19.4. The van der Waals surface area contributed by atoms with Crippen molar-refractivity contribution in [1.29, 1.82) is 0 Å². The summed E-state index contributed by atoms with van der Waals surface area (Å²) in [4.78, 5) is 12.3. The smallest absolute Gasteiger partial charge is 0.496 e. The van der Waals surface area contributed by atoms with Crippen LogP contribution in [0.1, 0.15) is 15.9 Å². The van der Waals surface area contributed by atoms with Crippen molar-refractivity contribution in [2.75, 3.05) is 7.11 Å². The van der Waals surface area contributed by atoms with Gasteiger partial charge in [0.05, 0.1) is 18.8 Å². The highest BCUT2D eigenvalue weighted by Crippen LogP contribution is 2.27. The summed E-state index contributed by atoms with van der Waals surface area (Å²) >= 11 is 0. The lowest BCUT2D eigenvalue weighted by Gasteiger charge is -2.12. The average Bonchev–Trinajstić information content (AvgIpc) is 3.07. The molecular weight excluding hydrogens is 351 g/mol. The summed E-state index contributed by atoms with van der Waals surface area (Å²) in [6.07, 6.45) is -3.15. The normalized spacial score (nSPS) is 11.4. The van der Waals surface area contributed by atoms with Gasteiger partial charge < -0.3 is 14.8 Å². The van der Waals surface area contributed by atoms with E-state index in [9.17, 15) is 18.0 Å². The van der Waals surface area contributed by atoms with Gasteiger partial charge in [-0.3, -0.25) is 9.89 Å². The van der Waals surface area contributed by atoms with Gasteiger partial charge in [0.1, 0.15) is 11.5 Å². The highest BCUT2D eigenvalue weighted by Gasteiger charge is 2.31. The summed E-state index contributed by atoms with van der Waals surface area (Å²) in [5.74, 6) is -0.238. The Bertz CT molecular complexity index is 920. The number of ether oxygens (including phenoxy) is 2. The number of H-pyrrole nitrogens is 1. The molecule has 0 spiro atoms. The van der Waals surface area contributed by atoms with Crippen molar-refractivity contribution < 1.29 is 27.4 Å². The molecule has 3 rings (SSSR count). The van der Waals surface area contributed by atoms with Gasteiger partial charge >= 0.3 is 6.36 Å². The maximum Gasteiger partial charge on any atom is 0.573 e. The fourth-order valence-corrected chi connectivity index (χ4v) is 2.51. The Morgan fingerprint density at radius 3 is 2.58 bits per heavy atom. The zero-order valence-corrected chi connectivity index (χ0v) is 13.6. The Labute approximate surface area is 145 Å². The van der Waals surface area contributed by atoms with E-state index in [-0.39, 0.29) is 17.9 Å². The topological polar surface area (TPSA) is 76.2 Å². The predicted octanol–water partition coefficient (Wildman–Crippen LogP) is 3.40. The first-order valence-corrected chi connectivity index (χ1v) is 7.50. The molecule has 0 radical (unpaired) electrons. The van der Waals surface area contributed by atoms with Crippen molar-refractivity contribution in [3.63, 3.8) is 0 Å². The number of halogens is 3. The number of nitrogens with one attached hydrogen (secondary N) is 2. The summed E-state index contributed by atoms with van der Waals surface area (Å²) in [6.45, 7) is 0.166. The number of benzene rings is 2. The van der Waals surface area contributed by atoms with E-state index in [0.29, 0.717) is 5.75 Å². The second kappa shape index (κ2) is 6.95. The lowest BCUT2D eigenvalue weighted by Crippen LogP contribution is -2.23. The van der Waals surface area contributed by atoms with Gasteiger partial charge in [-0.1, -0.05) is 0 Å². The number of amides is 1. The van der Waals surface area contributed by atoms with Crippen molar-refractivity contribution in [2.24, 2.45) is 0 Å². The minimum atomic E-state index is -4.77. The summed E-state index contributed by atoms with van der Waals surface area (Å²) in [5.41, 5.74) is 1.74.